The van der Waals surface area contributed by atoms with E-state index in [0.717, 1.165) is 122 Å². The molecule has 0 rings (SSSR count). The van der Waals surface area contributed by atoms with Gasteiger partial charge < -0.3 is 28.5 Å². The van der Waals surface area contributed by atoms with Crippen LogP contribution in [0.1, 0.15) is 303 Å². The molecule has 0 aromatic carbocycles. The molecule has 0 saturated heterocycles. The molecule has 0 aliphatic carbocycles. The minimum absolute atomic E-state index is 0.0319. The summed E-state index contributed by atoms with van der Waals surface area (Å²) in [5, 5.41) is 3.03. The molecule has 0 bridgehead atoms. The molecule has 0 saturated carbocycles. The zero-order valence-corrected chi connectivity index (χ0v) is 56.9. The lowest BCUT2D eigenvalue weighted by atomic mass is 10.0. The van der Waals surface area contributed by atoms with Crippen molar-refractivity contribution >= 4 is 19.7 Å². The number of esters is 1. The number of carbonyl (C=O) groups is 2. The van der Waals surface area contributed by atoms with Gasteiger partial charge >= 0.3 is 5.97 Å². The summed E-state index contributed by atoms with van der Waals surface area (Å²) in [4.78, 5) is 40.2. The highest BCUT2D eigenvalue weighted by atomic mass is 31.2. The molecule has 0 aromatic heterocycles. The van der Waals surface area contributed by atoms with Gasteiger partial charge in [-0.3, -0.25) is 14.2 Å². The largest absolute Gasteiger partial charge is 0.756 e. The highest BCUT2D eigenvalue weighted by molar-refractivity contribution is 7.45. The van der Waals surface area contributed by atoms with E-state index in [2.05, 4.69) is 123 Å². The van der Waals surface area contributed by atoms with Crippen LogP contribution in [0.25, 0.3) is 0 Å². The third kappa shape index (κ3) is 65.0. The van der Waals surface area contributed by atoms with Crippen LogP contribution in [0.3, 0.4) is 0 Å². The Kier molecular flexibility index (Phi) is 61.2. The lowest BCUT2D eigenvalue weighted by molar-refractivity contribution is -0.870. The van der Waals surface area contributed by atoms with Gasteiger partial charge in [0.2, 0.25) is 5.91 Å². The first kappa shape index (κ1) is 81.7. The van der Waals surface area contributed by atoms with E-state index >= 15 is 0 Å². The summed E-state index contributed by atoms with van der Waals surface area (Å²) >= 11 is 0. The summed E-state index contributed by atoms with van der Waals surface area (Å²) in [6.45, 7) is 6.78. The average Bonchev–Trinajstić information content (AvgIpc) is 3.64. The lowest BCUT2D eigenvalue weighted by Crippen LogP contribution is -2.47. The minimum atomic E-state index is -4.72. The number of nitrogens with zero attached hydrogens (tertiary/aromatic N) is 1. The standard InChI is InChI=1S/C75H133N2O7P/c1-7-10-13-16-19-22-25-28-30-32-34-36-37-38-39-41-42-44-46-49-52-55-58-61-64-67-74(78)76-72(71-83-85(80,81)82-70-69-77(4,5)6)73(66-63-60-57-54-51-48-27-24-21-18-15-12-9-3)84-75(79)68-65-62-59-56-53-50-47-45-43-40-35-33-31-29-26-23-20-17-14-11-8-2/h19-20,22-23,28-31,34-36,38-40,45,47,63,66,72-73H,7-18,21,24-27,32-33,37,41-44,46,48-62,64-65,67-71H2,1-6H3,(H-,76,78,80,81)/b22-19-,23-20-,30-28-,31-29-,36-34-,39-38-,40-35-,47-45-,66-63-. The van der Waals surface area contributed by atoms with E-state index in [1.165, 1.54) is 141 Å². The number of hydrogen-bond donors (Lipinski definition) is 1. The second kappa shape index (κ2) is 63.7. The topological polar surface area (TPSA) is 114 Å². The molecule has 1 amide bonds. The molecule has 10 heteroatoms. The number of rotatable bonds is 63. The number of allylic oxidation sites excluding steroid dienone is 17. The fraction of sp³-hybridized carbons (Fsp3) is 0.733. The molecule has 0 fully saturated rings. The van der Waals surface area contributed by atoms with Crippen molar-refractivity contribution in [3.63, 3.8) is 0 Å². The maximum Gasteiger partial charge on any atom is 0.306 e. The van der Waals surface area contributed by atoms with Crippen LogP contribution in [-0.4, -0.2) is 69.4 Å². The third-order valence-electron chi connectivity index (χ3n) is 15.2. The van der Waals surface area contributed by atoms with Crippen molar-refractivity contribution in [2.75, 3.05) is 40.9 Å². The van der Waals surface area contributed by atoms with Gasteiger partial charge in [0, 0.05) is 12.8 Å². The zero-order valence-electron chi connectivity index (χ0n) is 56.0. The monoisotopic (exact) mass is 1200 g/mol. The van der Waals surface area contributed by atoms with Crippen LogP contribution in [-0.2, 0) is 27.9 Å². The molecule has 0 aromatic rings. The number of hydrogen-bond acceptors (Lipinski definition) is 7. The second-order valence-electron chi connectivity index (χ2n) is 24.7. The fourth-order valence-corrected chi connectivity index (χ4v) is 10.4. The Hall–Kier alpha value is -3.33. The third-order valence-corrected chi connectivity index (χ3v) is 16.1. The summed E-state index contributed by atoms with van der Waals surface area (Å²) in [5.74, 6) is -0.568. The van der Waals surface area contributed by atoms with Gasteiger partial charge in [0.15, 0.2) is 0 Å². The molecule has 85 heavy (non-hydrogen) atoms. The summed E-state index contributed by atoms with van der Waals surface area (Å²) in [7, 11) is 1.16. The minimum Gasteiger partial charge on any atom is -0.756 e. The van der Waals surface area contributed by atoms with Crippen molar-refractivity contribution in [1.29, 1.82) is 0 Å². The Morgan fingerprint density at radius 3 is 1.09 bits per heavy atom. The number of phosphoric ester groups is 1. The summed E-state index contributed by atoms with van der Waals surface area (Å²) in [5.41, 5.74) is 0. The molecule has 3 atom stereocenters. The van der Waals surface area contributed by atoms with Gasteiger partial charge in [-0.15, -0.1) is 0 Å². The van der Waals surface area contributed by atoms with Gasteiger partial charge in [0.25, 0.3) is 7.82 Å². The van der Waals surface area contributed by atoms with Crippen LogP contribution in [0, 0.1) is 0 Å². The zero-order chi connectivity index (χ0) is 62.1. The first-order chi connectivity index (χ1) is 41.4. The molecule has 1 N–H and O–H groups in total. The van der Waals surface area contributed by atoms with Crippen LogP contribution in [0.4, 0.5) is 0 Å². The summed E-state index contributed by atoms with van der Waals surface area (Å²) in [6, 6.07) is -0.908. The van der Waals surface area contributed by atoms with E-state index < -0.39 is 26.6 Å². The van der Waals surface area contributed by atoms with Gasteiger partial charge in [-0.1, -0.05) is 278 Å². The van der Waals surface area contributed by atoms with Gasteiger partial charge in [-0.05, 0) is 122 Å². The van der Waals surface area contributed by atoms with E-state index in [9.17, 15) is 19.0 Å². The Morgan fingerprint density at radius 2 is 0.718 bits per heavy atom. The maximum atomic E-state index is 13.6. The van der Waals surface area contributed by atoms with Crippen LogP contribution < -0.4 is 10.2 Å². The van der Waals surface area contributed by atoms with Crippen LogP contribution in [0.15, 0.2) is 109 Å². The van der Waals surface area contributed by atoms with E-state index in [4.69, 9.17) is 13.8 Å². The first-order valence-electron chi connectivity index (χ1n) is 35.2. The van der Waals surface area contributed by atoms with E-state index in [0.29, 0.717) is 23.9 Å². The van der Waals surface area contributed by atoms with Crippen LogP contribution in [0.2, 0.25) is 0 Å². The molecular weight excluding hydrogens is 1070 g/mol. The Bertz CT molecular complexity index is 1820. The normalized spacial score (nSPS) is 14.2. The highest BCUT2D eigenvalue weighted by Crippen LogP contribution is 2.38. The quantitative estimate of drug-likeness (QED) is 0.0212. The highest BCUT2D eigenvalue weighted by Gasteiger charge is 2.27. The second-order valence-corrected chi connectivity index (χ2v) is 26.1. The Morgan fingerprint density at radius 1 is 0.412 bits per heavy atom. The van der Waals surface area contributed by atoms with E-state index in [1.807, 2.05) is 33.3 Å². The lowest BCUT2D eigenvalue weighted by Gasteiger charge is -2.30. The Balaban J connectivity index is 5.20. The van der Waals surface area contributed by atoms with Gasteiger partial charge in [0.1, 0.15) is 19.3 Å². The number of carbonyl (C=O) groups excluding carboxylic acids is 2. The predicted molar refractivity (Wildman–Crippen MR) is 367 cm³/mol. The van der Waals surface area contributed by atoms with Crippen molar-refractivity contribution in [1.82, 2.24) is 5.32 Å². The predicted octanol–water partition coefficient (Wildman–Crippen LogP) is 21.8. The number of ether oxygens (including phenoxy) is 1. The molecule has 0 heterocycles. The maximum absolute atomic E-state index is 13.6. The van der Waals surface area contributed by atoms with Crippen LogP contribution >= 0.6 is 7.82 Å². The van der Waals surface area contributed by atoms with Gasteiger partial charge in [-0.25, -0.2) is 0 Å². The van der Waals surface area contributed by atoms with E-state index in [1.54, 1.807) is 0 Å². The smallest absolute Gasteiger partial charge is 0.306 e. The molecule has 0 aliphatic rings. The number of unbranched alkanes of at least 4 members (excludes halogenated alkanes) is 31. The molecular formula is C75H133N2O7P. The fourth-order valence-electron chi connectivity index (χ4n) is 9.72. The number of likely N-dealkylation sites (N-methyl/N-ethyl adjacent to an activating group) is 1. The number of amides is 1. The molecule has 0 aliphatic heterocycles. The molecule has 0 radical (unpaired) electrons. The van der Waals surface area contributed by atoms with Crippen molar-refractivity contribution in [2.24, 2.45) is 0 Å². The number of quaternary nitrogens is 1. The Labute approximate surface area is 525 Å². The number of phosphoric acid groups is 1. The van der Waals surface area contributed by atoms with E-state index in [-0.39, 0.29) is 24.9 Å². The molecule has 490 valence electrons. The summed E-state index contributed by atoms with van der Waals surface area (Å²) in [6.07, 6.45) is 87.7. The molecule has 0 spiro atoms. The van der Waals surface area contributed by atoms with Gasteiger partial charge in [0.05, 0.1) is 33.8 Å². The molecule has 9 nitrogen and oxygen atoms in total. The van der Waals surface area contributed by atoms with Crippen molar-refractivity contribution < 1.29 is 37.3 Å². The van der Waals surface area contributed by atoms with Gasteiger partial charge in [-0.2, -0.15) is 0 Å². The van der Waals surface area contributed by atoms with Crippen molar-refractivity contribution in [3.8, 4) is 0 Å². The first-order valence-corrected chi connectivity index (χ1v) is 36.7. The van der Waals surface area contributed by atoms with Crippen molar-refractivity contribution in [3.05, 3.63) is 109 Å². The summed E-state index contributed by atoms with van der Waals surface area (Å²) < 4.78 is 30.4. The molecule has 3 unspecified atom stereocenters. The van der Waals surface area contributed by atoms with Crippen molar-refractivity contribution in [2.45, 2.75) is 315 Å². The SMILES string of the molecule is CCCCC/C=C\C/C=C\C/C=C\C/C=C\CCCCCCCCCCCC(=O)NC(COP(=O)([O-])OCC[N+](C)(C)C)C(/C=C\CCCCCCCCCCCCC)OC(=O)CCCCCCC/C=C\C/C=C\C/C=C\C/C=C\CCCCC. The van der Waals surface area contributed by atoms with Crippen LogP contribution in [0.5, 0.6) is 0 Å². The number of nitrogens with one attached hydrogen (secondary N) is 1. The average molecular weight is 1210 g/mol.